The second kappa shape index (κ2) is 4.49. The molecule has 15 heavy (non-hydrogen) atoms. The molecule has 4 nitrogen and oxygen atoms in total. The van der Waals surface area contributed by atoms with Crippen molar-refractivity contribution in [1.82, 2.24) is 5.01 Å². The van der Waals surface area contributed by atoms with Crippen LogP contribution >= 0.6 is 11.6 Å². The van der Waals surface area contributed by atoms with Gasteiger partial charge in [0.2, 0.25) is 0 Å². The van der Waals surface area contributed by atoms with Gasteiger partial charge in [0.05, 0.1) is 18.4 Å². The van der Waals surface area contributed by atoms with Crippen LogP contribution < -0.4 is 4.90 Å². The first-order chi connectivity index (χ1) is 7.29. The summed E-state index contributed by atoms with van der Waals surface area (Å²) in [6.45, 7) is 2.98. The van der Waals surface area contributed by atoms with Crippen LogP contribution in [0.5, 0.6) is 0 Å². The molecule has 1 aliphatic heterocycles. The molecule has 0 saturated carbocycles. The van der Waals surface area contributed by atoms with Gasteiger partial charge in [0.1, 0.15) is 0 Å². The summed E-state index contributed by atoms with van der Waals surface area (Å²) in [6.07, 6.45) is 0. The molecule has 0 atom stereocenters. The predicted octanol–water partition coefficient (Wildman–Crippen LogP) is 2.14. The Balaban J connectivity index is 2.04. The van der Waals surface area contributed by atoms with Crippen LogP contribution in [0.15, 0.2) is 29.6 Å². The predicted molar refractivity (Wildman–Crippen MR) is 61.0 cm³/mol. The summed E-state index contributed by atoms with van der Waals surface area (Å²) < 4.78 is 0. The summed E-state index contributed by atoms with van der Waals surface area (Å²) in [7, 11) is 0. The third-order valence-corrected chi connectivity index (χ3v) is 2.78. The van der Waals surface area contributed by atoms with E-state index in [-0.39, 0.29) is 0 Å². The lowest BCUT2D eigenvalue weighted by Gasteiger charge is -2.32. The van der Waals surface area contributed by atoms with Gasteiger partial charge < -0.3 is 4.90 Å². The summed E-state index contributed by atoms with van der Waals surface area (Å²) in [5.41, 5.74) is 1.10. The zero-order chi connectivity index (χ0) is 10.7. The molecular formula is C10H12ClN3O. The molecule has 1 saturated heterocycles. The minimum absolute atomic E-state index is 0.677. The number of piperazine rings is 1. The summed E-state index contributed by atoms with van der Waals surface area (Å²) in [6, 6.07) is 7.75. The highest BCUT2D eigenvalue weighted by Crippen LogP contribution is 2.20. The third-order valence-electron chi connectivity index (χ3n) is 2.54. The number of nitrogens with zero attached hydrogens (tertiary/aromatic N) is 3. The number of hydrogen-bond donors (Lipinski definition) is 0. The number of halogens is 1. The topological polar surface area (TPSA) is 35.9 Å². The van der Waals surface area contributed by atoms with Crippen molar-refractivity contribution < 1.29 is 0 Å². The summed E-state index contributed by atoms with van der Waals surface area (Å²) in [5.74, 6) is 0. The molecule has 1 aromatic carbocycles. The van der Waals surface area contributed by atoms with Crippen molar-refractivity contribution in [2.45, 2.75) is 0 Å². The summed E-state index contributed by atoms with van der Waals surface area (Å²) in [5, 5.41) is 5.21. The lowest BCUT2D eigenvalue weighted by molar-refractivity contribution is 0.267. The Bertz CT molecular complexity index is 350. The number of nitroso groups, excluding NO2 is 1. The number of rotatable bonds is 2. The van der Waals surface area contributed by atoms with E-state index in [1.165, 1.54) is 0 Å². The Labute approximate surface area is 93.4 Å². The van der Waals surface area contributed by atoms with Crippen LogP contribution in [0.3, 0.4) is 0 Å². The van der Waals surface area contributed by atoms with Gasteiger partial charge in [-0.2, -0.15) is 0 Å². The highest BCUT2D eigenvalue weighted by molar-refractivity contribution is 6.30. The smallest absolute Gasteiger partial charge is 0.0568 e. The third kappa shape index (κ3) is 2.39. The van der Waals surface area contributed by atoms with Gasteiger partial charge in [-0.3, -0.25) is 5.01 Å². The number of anilines is 1. The second-order valence-electron chi connectivity index (χ2n) is 3.50. The zero-order valence-electron chi connectivity index (χ0n) is 8.27. The van der Waals surface area contributed by atoms with Gasteiger partial charge >= 0.3 is 0 Å². The maximum atomic E-state index is 10.3. The van der Waals surface area contributed by atoms with Crippen molar-refractivity contribution in [3.05, 3.63) is 34.2 Å². The molecule has 0 radical (unpaired) electrons. The zero-order valence-corrected chi connectivity index (χ0v) is 9.02. The molecule has 0 bridgehead atoms. The van der Waals surface area contributed by atoms with Gasteiger partial charge in [-0.1, -0.05) is 17.7 Å². The van der Waals surface area contributed by atoms with Gasteiger partial charge in [0, 0.05) is 23.8 Å². The van der Waals surface area contributed by atoms with Crippen molar-refractivity contribution in [1.29, 1.82) is 0 Å². The van der Waals surface area contributed by atoms with E-state index < -0.39 is 0 Å². The molecule has 1 aromatic rings. The van der Waals surface area contributed by atoms with Crippen LogP contribution in [0.25, 0.3) is 0 Å². The molecule has 1 aliphatic rings. The fraction of sp³-hybridized carbons (Fsp3) is 0.400. The molecule has 0 spiro atoms. The van der Waals surface area contributed by atoms with Crippen LogP contribution in [0, 0.1) is 4.91 Å². The Hall–Kier alpha value is -1.29. The lowest BCUT2D eigenvalue weighted by Crippen LogP contribution is -2.43. The van der Waals surface area contributed by atoms with Crippen molar-refractivity contribution in [3.63, 3.8) is 0 Å². The monoisotopic (exact) mass is 225 g/mol. The maximum Gasteiger partial charge on any atom is 0.0568 e. The molecule has 1 fully saturated rings. The molecule has 0 N–H and O–H groups in total. The largest absolute Gasteiger partial charge is 0.368 e. The van der Waals surface area contributed by atoms with E-state index in [1.54, 1.807) is 5.01 Å². The van der Waals surface area contributed by atoms with Crippen molar-refractivity contribution in [2.75, 3.05) is 31.1 Å². The fourth-order valence-corrected chi connectivity index (χ4v) is 1.89. The van der Waals surface area contributed by atoms with Gasteiger partial charge in [0.15, 0.2) is 0 Å². The van der Waals surface area contributed by atoms with E-state index in [1.807, 2.05) is 24.3 Å². The van der Waals surface area contributed by atoms with Crippen molar-refractivity contribution in [3.8, 4) is 0 Å². The van der Waals surface area contributed by atoms with Crippen LogP contribution in [0.1, 0.15) is 0 Å². The minimum Gasteiger partial charge on any atom is -0.368 e. The van der Waals surface area contributed by atoms with E-state index in [9.17, 15) is 4.91 Å². The quantitative estimate of drug-likeness (QED) is 0.724. The standard InChI is InChI=1S/C10H12ClN3O/c11-9-2-1-3-10(8-9)13-4-6-14(12-15)7-5-13/h1-3,8H,4-7H2. The van der Waals surface area contributed by atoms with Crippen molar-refractivity contribution in [2.24, 2.45) is 5.29 Å². The van der Waals surface area contributed by atoms with E-state index in [2.05, 4.69) is 10.2 Å². The van der Waals surface area contributed by atoms with Crippen LogP contribution in [-0.4, -0.2) is 31.2 Å². The highest BCUT2D eigenvalue weighted by atomic mass is 35.5. The first-order valence-electron chi connectivity index (χ1n) is 4.88. The van der Waals surface area contributed by atoms with Crippen LogP contribution in [0.4, 0.5) is 5.69 Å². The summed E-state index contributed by atoms with van der Waals surface area (Å²) in [4.78, 5) is 12.5. The molecular weight excluding hydrogens is 214 g/mol. The average Bonchev–Trinajstić information content (AvgIpc) is 2.29. The number of benzene rings is 1. The van der Waals surface area contributed by atoms with Gasteiger partial charge in [-0.25, -0.2) is 0 Å². The molecule has 0 unspecified atom stereocenters. The highest BCUT2D eigenvalue weighted by Gasteiger charge is 2.16. The SMILES string of the molecule is O=NN1CCN(c2cccc(Cl)c2)CC1. The fourth-order valence-electron chi connectivity index (χ4n) is 1.71. The normalized spacial score (nSPS) is 16.6. The summed E-state index contributed by atoms with van der Waals surface area (Å²) >= 11 is 5.91. The molecule has 0 amide bonds. The Morgan fingerprint density at radius 3 is 2.53 bits per heavy atom. The lowest BCUT2D eigenvalue weighted by atomic mass is 10.2. The van der Waals surface area contributed by atoms with Gasteiger partial charge in [0.25, 0.3) is 0 Å². The molecule has 0 aliphatic carbocycles. The van der Waals surface area contributed by atoms with E-state index in [0.29, 0.717) is 13.1 Å². The minimum atomic E-state index is 0.677. The first-order valence-corrected chi connectivity index (χ1v) is 5.26. The maximum absolute atomic E-state index is 10.3. The van der Waals surface area contributed by atoms with Gasteiger partial charge in [-0.15, -0.1) is 4.91 Å². The Morgan fingerprint density at radius 1 is 1.20 bits per heavy atom. The second-order valence-corrected chi connectivity index (χ2v) is 3.94. The molecule has 80 valence electrons. The van der Waals surface area contributed by atoms with Crippen LogP contribution in [-0.2, 0) is 0 Å². The van der Waals surface area contributed by atoms with Crippen LogP contribution in [0.2, 0.25) is 5.02 Å². The Morgan fingerprint density at radius 2 is 1.93 bits per heavy atom. The van der Waals surface area contributed by atoms with Crippen molar-refractivity contribution >= 4 is 17.3 Å². The van der Waals surface area contributed by atoms with E-state index in [0.717, 1.165) is 23.8 Å². The molecule has 0 aromatic heterocycles. The average molecular weight is 226 g/mol. The first kappa shape index (κ1) is 10.2. The molecule has 2 rings (SSSR count). The van der Waals surface area contributed by atoms with E-state index >= 15 is 0 Å². The number of hydrogen-bond acceptors (Lipinski definition) is 3. The molecule has 1 heterocycles. The van der Waals surface area contributed by atoms with Gasteiger partial charge in [-0.05, 0) is 18.2 Å². The Kier molecular flexibility index (Phi) is 3.06. The molecule has 5 heteroatoms. The van der Waals surface area contributed by atoms with E-state index in [4.69, 9.17) is 11.6 Å².